The molecular formula is C21H27N5O2. The summed E-state index contributed by atoms with van der Waals surface area (Å²) >= 11 is 0. The minimum atomic E-state index is -0.576. The second-order valence-corrected chi connectivity index (χ2v) is 6.38. The molecule has 0 unspecified atom stereocenters. The largest absolute Gasteiger partial charge is 0.368 e. The van der Waals surface area contributed by atoms with E-state index in [-0.39, 0.29) is 12.5 Å². The van der Waals surface area contributed by atoms with Crippen LogP contribution in [0.3, 0.4) is 0 Å². The molecule has 2 amide bonds. The lowest BCUT2D eigenvalue weighted by atomic mass is 10.1. The number of nitrogens with two attached hydrogens (primary N) is 1. The highest BCUT2D eigenvalue weighted by molar-refractivity contribution is 5.96. The number of carbonyl (C=O) groups excluding carboxylic acids is 2. The van der Waals surface area contributed by atoms with Crippen molar-refractivity contribution in [3.05, 3.63) is 70.8 Å². The third-order valence-corrected chi connectivity index (χ3v) is 3.98. The third-order valence-electron chi connectivity index (χ3n) is 3.98. The Kier molecular flexibility index (Phi) is 8.02. The van der Waals surface area contributed by atoms with Crippen molar-refractivity contribution in [3.63, 3.8) is 0 Å². The quantitative estimate of drug-likeness (QED) is 0.410. The minimum absolute atomic E-state index is 0.177. The van der Waals surface area contributed by atoms with E-state index in [4.69, 9.17) is 5.73 Å². The highest BCUT2D eigenvalue weighted by Crippen LogP contribution is 2.06. The van der Waals surface area contributed by atoms with Gasteiger partial charge in [0.2, 0.25) is 5.91 Å². The lowest BCUT2D eigenvalue weighted by Gasteiger charge is -2.11. The number of carbonyl (C=O) groups is 2. The summed E-state index contributed by atoms with van der Waals surface area (Å²) < 4.78 is 0. The van der Waals surface area contributed by atoms with E-state index in [9.17, 15) is 9.59 Å². The predicted octanol–water partition coefficient (Wildman–Crippen LogP) is 1.47. The molecule has 7 nitrogen and oxygen atoms in total. The molecular weight excluding hydrogens is 354 g/mol. The van der Waals surface area contributed by atoms with E-state index < -0.39 is 5.91 Å². The Morgan fingerprint density at radius 2 is 1.57 bits per heavy atom. The van der Waals surface area contributed by atoms with Gasteiger partial charge in [0.1, 0.15) is 0 Å². The van der Waals surface area contributed by atoms with Crippen LogP contribution in [0.15, 0.2) is 53.5 Å². The van der Waals surface area contributed by atoms with Crippen LogP contribution in [-0.2, 0) is 17.9 Å². The molecule has 0 heterocycles. The summed E-state index contributed by atoms with van der Waals surface area (Å²) in [5.41, 5.74) is 8.88. The number of nitrogens with one attached hydrogen (secondary N) is 3. The molecule has 0 aliphatic rings. The fourth-order valence-corrected chi connectivity index (χ4v) is 2.43. The number of nitrogens with zero attached hydrogens (tertiary/aromatic N) is 1. The van der Waals surface area contributed by atoms with Gasteiger partial charge in [-0.3, -0.25) is 9.59 Å². The maximum absolute atomic E-state index is 11.9. The van der Waals surface area contributed by atoms with Gasteiger partial charge in [0.15, 0.2) is 5.96 Å². The smallest absolute Gasteiger partial charge is 0.251 e. The van der Waals surface area contributed by atoms with Gasteiger partial charge in [-0.25, -0.2) is 4.99 Å². The standard InChI is InChI=1S/C21H27N5O2/c1-3-23-21(25-12-16-6-4-15(2)5-7-16)26-13-17-8-10-18(11-9-17)20(28)24-14-19(22)27/h4-11H,3,12-14H2,1-2H3,(H2,22,27)(H,24,28)(H2,23,25,26). The lowest BCUT2D eigenvalue weighted by Crippen LogP contribution is -2.36. The van der Waals surface area contributed by atoms with E-state index in [0.29, 0.717) is 18.7 Å². The van der Waals surface area contributed by atoms with Gasteiger partial charge in [-0.1, -0.05) is 42.0 Å². The second kappa shape index (κ2) is 10.7. The summed E-state index contributed by atoms with van der Waals surface area (Å²) in [4.78, 5) is 27.2. The Morgan fingerprint density at radius 1 is 0.929 bits per heavy atom. The highest BCUT2D eigenvalue weighted by Gasteiger charge is 2.06. The average molecular weight is 381 g/mol. The Balaban J connectivity index is 1.93. The summed E-state index contributed by atoms with van der Waals surface area (Å²) in [5.74, 6) is -0.179. The van der Waals surface area contributed by atoms with Crippen LogP contribution in [0.1, 0.15) is 34.0 Å². The van der Waals surface area contributed by atoms with Crippen molar-refractivity contribution in [1.82, 2.24) is 16.0 Å². The normalized spacial score (nSPS) is 11.0. The summed E-state index contributed by atoms with van der Waals surface area (Å²) in [7, 11) is 0. The van der Waals surface area contributed by atoms with Crippen molar-refractivity contribution in [3.8, 4) is 0 Å². The lowest BCUT2D eigenvalue weighted by molar-refractivity contribution is -0.117. The highest BCUT2D eigenvalue weighted by atomic mass is 16.2. The molecule has 28 heavy (non-hydrogen) atoms. The molecule has 0 radical (unpaired) electrons. The maximum Gasteiger partial charge on any atom is 0.251 e. The molecule has 0 aromatic heterocycles. The van der Waals surface area contributed by atoms with Crippen molar-refractivity contribution in [2.24, 2.45) is 10.7 Å². The first kappa shape index (κ1) is 21.0. The molecule has 0 atom stereocenters. The van der Waals surface area contributed by atoms with Crippen molar-refractivity contribution in [2.45, 2.75) is 26.9 Å². The van der Waals surface area contributed by atoms with Gasteiger partial charge >= 0.3 is 0 Å². The fourth-order valence-electron chi connectivity index (χ4n) is 2.43. The second-order valence-electron chi connectivity index (χ2n) is 6.38. The van der Waals surface area contributed by atoms with Crippen LogP contribution in [0, 0.1) is 6.92 Å². The van der Waals surface area contributed by atoms with E-state index in [1.165, 1.54) is 11.1 Å². The number of rotatable bonds is 8. The number of aliphatic imine (C=N–C) groups is 1. The van der Waals surface area contributed by atoms with Gasteiger partial charge in [0.25, 0.3) is 5.91 Å². The zero-order chi connectivity index (χ0) is 20.4. The molecule has 0 fully saturated rings. The zero-order valence-corrected chi connectivity index (χ0v) is 16.3. The van der Waals surface area contributed by atoms with Gasteiger partial charge < -0.3 is 21.7 Å². The first-order chi connectivity index (χ1) is 13.5. The Labute approximate surface area is 165 Å². The van der Waals surface area contributed by atoms with Gasteiger partial charge in [0.05, 0.1) is 13.1 Å². The van der Waals surface area contributed by atoms with Crippen LogP contribution in [0.2, 0.25) is 0 Å². The number of primary amides is 1. The molecule has 0 saturated heterocycles. The van der Waals surface area contributed by atoms with Crippen molar-refractivity contribution in [1.29, 1.82) is 0 Å². The number of hydrogen-bond acceptors (Lipinski definition) is 3. The SMILES string of the molecule is CCNC(=NCc1ccc(C(=O)NCC(N)=O)cc1)NCc1ccc(C)cc1. The predicted molar refractivity (Wildman–Crippen MR) is 111 cm³/mol. The van der Waals surface area contributed by atoms with E-state index >= 15 is 0 Å². The van der Waals surface area contributed by atoms with Crippen LogP contribution < -0.4 is 21.7 Å². The Bertz CT molecular complexity index is 814. The fraction of sp³-hybridized carbons (Fsp3) is 0.286. The van der Waals surface area contributed by atoms with Crippen molar-refractivity contribution in [2.75, 3.05) is 13.1 Å². The summed E-state index contributed by atoms with van der Waals surface area (Å²) in [6.07, 6.45) is 0. The Hall–Kier alpha value is -3.35. The number of guanidine groups is 1. The topological polar surface area (TPSA) is 109 Å². The number of aryl methyl sites for hydroxylation is 1. The van der Waals surface area contributed by atoms with Gasteiger partial charge in [0, 0.05) is 18.7 Å². The van der Waals surface area contributed by atoms with Gasteiger partial charge in [-0.2, -0.15) is 0 Å². The molecule has 2 aromatic carbocycles. The first-order valence-corrected chi connectivity index (χ1v) is 9.21. The summed E-state index contributed by atoms with van der Waals surface area (Å²) in [5, 5.41) is 9.00. The molecule has 2 aromatic rings. The minimum Gasteiger partial charge on any atom is -0.368 e. The molecule has 148 valence electrons. The molecule has 0 bridgehead atoms. The summed E-state index contributed by atoms with van der Waals surface area (Å²) in [6, 6.07) is 15.4. The van der Waals surface area contributed by atoms with Crippen LogP contribution in [0.25, 0.3) is 0 Å². The molecule has 5 N–H and O–H groups in total. The van der Waals surface area contributed by atoms with Crippen molar-refractivity contribution >= 4 is 17.8 Å². The van der Waals surface area contributed by atoms with Crippen LogP contribution in [0.4, 0.5) is 0 Å². The van der Waals surface area contributed by atoms with E-state index in [2.05, 4.69) is 52.1 Å². The zero-order valence-electron chi connectivity index (χ0n) is 16.3. The molecule has 7 heteroatoms. The average Bonchev–Trinajstić information content (AvgIpc) is 2.70. The van der Waals surface area contributed by atoms with Crippen LogP contribution in [-0.4, -0.2) is 30.9 Å². The van der Waals surface area contributed by atoms with Gasteiger partial charge in [-0.15, -0.1) is 0 Å². The van der Waals surface area contributed by atoms with Crippen LogP contribution >= 0.6 is 0 Å². The molecule has 0 aliphatic carbocycles. The monoisotopic (exact) mass is 381 g/mol. The van der Waals surface area contributed by atoms with Gasteiger partial charge in [-0.05, 0) is 37.1 Å². The van der Waals surface area contributed by atoms with E-state index in [1.54, 1.807) is 12.1 Å². The first-order valence-electron chi connectivity index (χ1n) is 9.21. The molecule has 0 saturated carbocycles. The molecule has 0 aliphatic heterocycles. The van der Waals surface area contributed by atoms with Crippen molar-refractivity contribution < 1.29 is 9.59 Å². The molecule has 0 spiro atoms. The molecule has 2 rings (SSSR count). The Morgan fingerprint density at radius 3 is 2.18 bits per heavy atom. The van der Waals surface area contributed by atoms with E-state index in [0.717, 1.165) is 18.1 Å². The maximum atomic E-state index is 11.9. The third kappa shape index (κ3) is 7.11. The number of hydrogen-bond donors (Lipinski definition) is 4. The number of amides is 2. The number of benzene rings is 2. The summed E-state index contributed by atoms with van der Waals surface area (Å²) in [6.45, 7) is 5.83. The van der Waals surface area contributed by atoms with E-state index in [1.807, 2.05) is 19.1 Å². The van der Waals surface area contributed by atoms with Crippen LogP contribution in [0.5, 0.6) is 0 Å².